The molecule has 0 saturated heterocycles. The lowest BCUT2D eigenvalue weighted by atomic mass is 10.1. The lowest BCUT2D eigenvalue weighted by Crippen LogP contribution is -2.25. The molecule has 0 saturated carbocycles. The number of nitrogens with zero attached hydrogens (tertiary/aromatic N) is 4. The lowest BCUT2D eigenvalue weighted by Gasteiger charge is -2.21. The van der Waals surface area contributed by atoms with Crippen LogP contribution in [0.15, 0.2) is 89.5 Å². The van der Waals surface area contributed by atoms with Crippen molar-refractivity contribution in [1.29, 1.82) is 5.26 Å². The number of hydrogen-bond donors (Lipinski definition) is 1. The van der Waals surface area contributed by atoms with E-state index in [-0.39, 0.29) is 18.1 Å². The zero-order valence-corrected chi connectivity index (χ0v) is 25.9. The molecular weight excluding hydrogens is 606 g/mol. The maximum Gasteiger partial charge on any atom is 0.340 e. The molecule has 0 radical (unpaired) electrons. The SMILES string of the molecule is CCOC(=O)c1c(CN(CC)CC)n(-c2ccc(Br)cc2)c2ccc(Oc3nccc(Nc4ccccc4)c3C#N)cc12. The number of carbonyl (C=O) groups is 1. The molecule has 5 aromatic rings. The Labute approximate surface area is 259 Å². The molecule has 2 heterocycles. The van der Waals surface area contributed by atoms with Crippen LogP contribution in [-0.4, -0.2) is 40.1 Å². The van der Waals surface area contributed by atoms with Gasteiger partial charge in [0.05, 0.1) is 29.1 Å². The summed E-state index contributed by atoms with van der Waals surface area (Å²) in [6.45, 7) is 8.46. The number of nitriles is 1. The topological polar surface area (TPSA) is 92.4 Å². The summed E-state index contributed by atoms with van der Waals surface area (Å²) >= 11 is 3.53. The average Bonchev–Trinajstić information content (AvgIpc) is 3.34. The summed E-state index contributed by atoms with van der Waals surface area (Å²) in [6, 6.07) is 27.1. The van der Waals surface area contributed by atoms with Crippen LogP contribution in [-0.2, 0) is 11.3 Å². The van der Waals surface area contributed by atoms with Crippen molar-refractivity contribution in [3.8, 4) is 23.4 Å². The van der Waals surface area contributed by atoms with Crippen molar-refractivity contribution in [1.82, 2.24) is 14.5 Å². The van der Waals surface area contributed by atoms with E-state index in [2.05, 4.69) is 55.6 Å². The number of fused-ring (bicyclic) bond motifs is 1. The molecule has 3 aromatic carbocycles. The number of carbonyl (C=O) groups excluding carboxylic acids is 1. The van der Waals surface area contributed by atoms with Crippen LogP contribution >= 0.6 is 15.9 Å². The first-order valence-corrected chi connectivity index (χ1v) is 15.0. The zero-order chi connectivity index (χ0) is 30.3. The number of halogens is 1. The molecule has 43 heavy (non-hydrogen) atoms. The Morgan fingerprint density at radius 3 is 2.44 bits per heavy atom. The Hall–Kier alpha value is -4.65. The van der Waals surface area contributed by atoms with Crippen LogP contribution in [0.3, 0.4) is 0 Å². The van der Waals surface area contributed by atoms with Crippen LogP contribution in [0.4, 0.5) is 11.4 Å². The van der Waals surface area contributed by atoms with Crippen molar-refractivity contribution in [3.05, 3.63) is 106 Å². The minimum atomic E-state index is -0.396. The molecule has 0 unspecified atom stereocenters. The van der Waals surface area contributed by atoms with Crippen LogP contribution in [0.1, 0.15) is 42.4 Å². The number of ether oxygens (including phenoxy) is 2. The van der Waals surface area contributed by atoms with Crippen molar-refractivity contribution in [2.45, 2.75) is 27.3 Å². The van der Waals surface area contributed by atoms with Crippen molar-refractivity contribution in [3.63, 3.8) is 0 Å². The van der Waals surface area contributed by atoms with E-state index in [4.69, 9.17) is 9.47 Å². The molecule has 5 rings (SSSR count). The molecule has 0 bridgehead atoms. The molecule has 0 spiro atoms. The summed E-state index contributed by atoms with van der Waals surface area (Å²) in [5.41, 5.74) is 4.78. The van der Waals surface area contributed by atoms with Crippen LogP contribution < -0.4 is 10.1 Å². The summed E-state index contributed by atoms with van der Waals surface area (Å²) in [5, 5.41) is 14.0. The molecular formula is C34H32BrN5O3. The van der Waals surface area contributed by atoms with E-state index in [1.54, 1.807) is 19.2 Å². The van der Waals surface area contributed by atoms with Gasteiger partial charge in [0.2, 0.25) is 5.88 Å². The van der Waals surface area contributed by atoms with Gasteiger partial charge in [0.15, 0.2) is 0 Å². The van der Waals surface area contributed by atoms with Gasteiger partial charge in [-0.2, -0.15) is 5.26 Å². The van der Waals surface area contributed by atoms with Gasteiger partial charge in [-0.05, 0) is 80.7 Å². The third kappa shape index (κ3) is 6.41. The molecule has 218 valence electrons. The van der Waals surface area contributed by atoms with Gasteiger partial charge in [-0.15, -0.1) is 0 Å². The number of anilines is 2. The molecule has 0 aliphatic heterocycles. The van der Waals surface area contributed by atoms with E-state index in [0.717, 1.165) is 40.1 Å². The van der Waals surface area contributed by atoms with Crippen LogP contribution in [0.5, 0.6) is 11.6 Å². The predicted molar refractivity (Wildman–Crippen MR) is 172 cm³/mol. The number of pyridine rings is 1. The zero-order valence-electron chi connectivity index (χ0n) is 24.3. The lowest BCUT2D eigenvalue weighted by molar-refractivity contribution is 0.0526. The largest absolute Gasteiger partial charge is 0.462 e. The number of rotatable bonds is 11. The molecule has 0 amide bonds. The van der Waals surface area contributed by atoms with Gasteiger partial charge in [0.1, 0.15) is 17.4 Å². The Morgan fingerprint density at radius 2 is 1.77 bits per heavy atom. The molecule has 8 nitrogen and oxygen atoms in total. The number of aromatic nitrogens is 2. The van der Waals surface area contributed by atoms with Crippen LogP contribution in [0.25, 0.3) is 16.6 Å². The standard InChI is InChI=1S/C34H32BrN5O3/c1-4-39(5-2)22-31-32(34(41)42-6-3)27-20-26(16-17-30(27)40(31)25-14-12-23(35)13-15-25)43-33-28(21-36)29(18-19-37-33)38-24-10-8-7-9-11-24/h7-20H,4-6,22H2,1-3H3,(H,37,38). The Balaban J connectivity index is 1.65. The number of benzene rings is 3. The van der Waals surface area contributed by atoms with E-state index >= 15 is 0 Å². The highest BCUT2D eigenvalue weighted by Gasteiger charge is 2.26. The fraction of sp³-hybridized carbons (Fsp3) is 0.206. The minimum absolute atomic E-state index is 0.163. The minimum Gasteiger partial charge on any atom is -0.462 e. The van der Waals surface area contributed by atoms with Crippen molar-refractivity contribution in [2.75, 3.05) is 25.0 Å². The number of para-hydroxylation sites is 1. The van der Waals surface area contributed by atoms with E-state index in [1.165, 1.54) is 0 Å². The van der Waals surface area contributed by atoms with E-state index in [1.807, 2.05) is 72.8 Å². The summed E-state index contributed by atoms with van der Waals surface area (Å²) in [6.07, 6.45) is 1.59. The van der Waals surface area contributed by atoms with Crippen molar-refractivity contribution in [2.24, 2.45) is 0 Å². The highest BCUT2D eigenvalue weighted by Crippen LogP contribution is 2.36. The van der Waals surface area contributed by atoms with E-state index in [0.29, 0.717) is 28.9 Å². The number of esters is 1. The Bertz CT molecular complexity index is 1770. The van der Waals surface area contributed by atoms with Gasteiger partial charge in [0.25, 0.3) is 0 Å². The third-order valence-electron chi connectivity index (χ3n) is 7.16. The van der Waals surface area contributed by atoms with Crippen molar-refractivity contribution >= 4 is 44.2 Å². The second-order valence-electron chi connectivity index (χ2n) is 9.74. The van der Waals surface area contributed by atoms with E-state index < -0.39 is 5.97 Å². The van der Waals surface area contributed by atoms with Gasteiger partial charge in [-0.3, -0.25) is 4.90 Å². The van der Waals surface area contributed by atoms with Crippen molar-refractivity contribution < 1.29 is 14.3 Å². The Kier molecular flexibility index (Phi) is 9.40. The first-order chi connectivity index (χ1) is 21.0. The first-order valence-electron chi connectivity index (χ1n) is 14.2. The van der Waals surface area contributed by atoms with Crippen LogP contribution in [0, 0.1) is 11.3 Å². The Morgan fingerprint density at radius 1 is 1.02 bits per heavy atom. The quantitative estimate of drug-likeness (QED) is 0.146. The molecule has 0 aliphatic rings. The van der Waals surface area contributed by atoms with Gasteiger partial charge < -0.3 is 19.4 Å². The highest BCUT2D eigenvalue weighted by atomic mass is 79.9. The maximum absolute atomic E-state index is 13.6. The highest BCUT2D eigenvalue weighted by molar-refractivity contribution is 9.10. The van der Waals surface area contributed by atoms with Gasteiger partial charge in [-0.25, -0.2) is 9.78 Å². The fourth-order valence-electron chi connectivity index (χ4n) is 5.03. The molecule has 0 atom stereocenters. The van der Waals surface area contributed by atoms with Crippen LogP contribution in [0.2, 0.25) is 0 Å². The molecule has 2 aromatic heterocycles. The smallest absolute Gasteiger partial charge is 0.340 e. The van der Waals surface area contributed by atoms with Gasteiger partial charge in [0, 0.05) is 34.0 Å². The molecule has 1 N–H and O–H groups in total. The van der Waals surface area contributed by atoms with E-state index in [9.17, 15) is 10.1 Å². The second kappa shape index (κ2) is 13.6. The summed E-state index contributed by atoms with van der Waals surface area (Å²) in [5.74, 6) is 0.213. The second-order valence-corrected chi connectivity index (χ2v) is 10.7. The summed E-state index contributed by atoms with van der Waals surface area (Å²) in [4.78, 5) is 20.2. The van der Waals surface area contributed by atoms with Gasteiger partial charge in [-0.1, -0.05) is 48.0 Å². The predicted octanol–water partition coefficient (Wildman–Crippen LogP) is 8.21. The molecule has 0 fully saturated rings. The third-order valence-corrected chi connectivity index (χ3v) is 7.69. The first kappa shape index (κ1) is 29.8. The summed E-state index contributed by atoms with van der Waals surface area (Å²) < 4.78 is 14.9. The summed E-state index contributed by atoms with van der Waals surface area (Å²) in [7, 11) is 0. The molecule has 0 aliphatic carbocycles. The fourth-order valence-corrected chi connectivity index (χ4v) is 5.30. The monoisotopic (exact) mass is 637 g/mol. The number of nitrogens with one attached hydrogen (secondary N) is 1. The average molecular weight is 639 g/mol. The maximum atomic E-state index is 13.6. The number of hydrogen-bond acceptors (Lipinski definition) is 7. The molecule has 9 heteroatoms. The van der Waals surface area contributed by atoms with Gasteiger partial charge >= 0.3 is 5.97 Å². The normalized spacial score (nSPS) is 11.0.